The Kier molecular flexibility index (Phi) is 6.99. The molecule has 0 atom stereocenters. The van der Waals surface area contributed by atoms with Crippen LogP contribution in [0.25, 0.3) is 0 Å². The van der Waals surface area contributed by atoms with Crippen molar-refractivity contribution >= 4 is 23.5 Å². The van der Waals surface area contributed by atoms with Crippen LogP contribution in [0.1, 0.15) is 58.0 Å². The summed E-state index contributed by atoms with van der Waals surface area (Å²) in [5.74, 6) is -1.77. The summed E-state index contributed by atoms with van der Waals surface area (Å²) in [6.45, 7) is 5.47. The molecule has 142 valence electrons. The highest BCUT2D eigenvalue weighted by atomic mass is 16.4. The zero-order valence-electron chi connectivity index (χ0n) is 15.3. The van der Waals surface area contributed by atoms with Gasteiger partial charge >= 0.3 is 5.97 Å². The van der Waals surface area contributed by atoms with Crippen LogP contribution in [0, 0.1) is 0 Å². The van der Waals surface area contributed by atoms with Crippen LogP contribution in [0.3, 0.4) is 0 Å². The molecule has 0 saturated carbocycles. The zero-order valence-corrected chi connectivity index (χ0v) is 15.3. The smallest absolute Gasteiger partial charge is 0.356 e. The van der Waals surface area contributed by atoms with Gasteiger partial charge in [0.2, 0.25) is 0 Å². The quantitative estimate of drug-likeness (QED) is 0.739. The van der Waals surface area contributed by atoms with Crippen LogP contribution in [-0.4, -0.2) is 50.8 Å². The molecule has 0 saturated heterocycles. The van der Waals surface area contributed by atoms with E-state index in [0.29, 0.717) is 24.3 Å². The van der Waals surface area contributed by atoms with E-state index in [9.17, 15) is 14.4 Å². The van der Waals surface area contributed by atoms with Gasteiger partial charge in [-0.15, -0.1) is 0 Å². The summed E-state index contributed by atoms with van der Waals surface area (Å²) in [7, 11) is 0. The van der Waals surface area contributed by atoms with Crippen molar-refractivity contribution in [1.82, 2.24) is 14.9 Å². The SMILES string of the molecule is CCCN(CCC)C(=O)c1ccc(NC(=O)c2cnc(C(=O)O)cn2)cc1. The van der Waals surface area contributed by atoms with Crippen molar-refractivity contribution in [1.29, 1.82) is 0 Å². The average Bonchev–Trinajstić information content (AvgIpc) is 2.68. The van der Waals surface area contributed by atoms with Crippen LogP contribution in [0.4, 0.5) is 5.69 Å². The van der Waals surface area contributed by atoms with Crippen LogP contribution in [0.15, 0.2) is 36.7 Å². The molecule has 1 heterocycles. The summed E-state index contributed by atoms with van der Waals surface area (Å²) in [4.78, 5) is 44.7. The molecule has 2 amide bonds. The van der Waals surface area contributed by atoms with E-state index in [1.165, 1.54) is 0 Å². The van der Waals surface area contributed by atoms with E-state index in [0.717, 1.165) is 25.2 Å². The first-order valence-corrected chi connectivity index (χ1v) is 8.72. The number of carboxylic acid groups (broad SMARTS) is 1. The number of nitrogens with zero attached hydrogens (tertiary/aromatic N) is 3. The van der Waals surface area contributed by atoms with Crippen LogP contribution < -0.4 is 5.32 Å². The molecular formula is C19H22N4O4. The second-order valence-corrected chi connectivity index (χ2v) is 5.92. The Bertz CT molecular complexity index is 797. The number of carbonyl (C=O) groups is 3. The molecule has 0 spiro atoms. The molecule has 0 aliphatic rings. The molecule has 27 heavy (non-hydrogen) atoms. The maximum atomic E-state index is 12.5. The lowest BCUT2D eigenvalue weighted by Crippen LogP contribution is -2.32. The number of carboxylic acids is 1. The average molecular weight is 370 g/mol. The highest BCUT2D eigenvalue weighted by Gasteiger charge is 2.15. The molecule has 1 aromatic heterocycles. The monoisotopic (exact) mass is 370 g/mol. The number of benzene rings is 1. The van der Waals surface area contributed by atoms with Gasteiger partial charge in [-0.05, 0) is 37.1 Å². The third kappa shape index (κ3) is 5.34. The van der Waals surface area contributed by atoms with Crippen molar-refractivity contribution < 1.29 is 19.5 Å². The van der Waals surface area contributed by atoms with Gasteiger partial charge in [0.15, 0.2) is 5.69 Å². The van der Waals surface area contributed by atoms with Gasteiger partial charge in [-0.3, -0.25) is 9.59 Å². The lowest BCUT2D eigenvalue weighted by Gasteiger charge is -2.21. The van der Waals surface area contributed by atoms with Crippen molar-refractivity contribution in [3.63, 3.8) is 0 Å². The molecule has 2 N–H and O–H groups in total. The van der Waals surface area contributed by atoms with E-state index in [1.54, 1.807) is 24.3 Å². The second kappa shape index (κ2) is 9.42. The number of carbonyl (C=O) groups excluding carboxylic acids is 2. The summed E-state index contributed by atoms with van der Waals surface area (Å²) in [5, 5.41) is 11.4. The largest absolute Gasteiger partial charge is 0.476 e. The maximum Gasteiger partial charge on any atom is 0.356 e. The van der Waals surface area contributed by atoms with Crippen molar-refractivity contribution in [3.8, 4) is 0 Å². The highest BCUT2D eigenvalue weighted by molar-refractivity contribution is 6.03. The molecule has 0 radical (unpaired) electrons. The Balaban J connectivity index is 2.05. The van der Waals surface area contributed by atoms with E-state index in [4.69, 9.17) is 5.11 Å². The first kappa shape index (κ1) is 20.0. The minimum absolute atomic E-state index is 0.00257. The van der Waals surface area contributed by atoms with Crippen molar-refractivity contribution in [3.05, 3.63) is 53.6 Å². The normalized spacial score (nSPS) is 10.3. The van der Waals surface area contributed by atoms with Crippen LogP contribution >= 0.6 is 0 Å². The van der Waals surface area contributed by atoms with Gasteiger partial charge in [0, 0.05) is 24.3 Å². The molecule has 0 bridgehead atoms. The number of hydrogen-bond acceptors (Lipinski definition) is 5. The number of amides is 2. The van der Waals surface area contributed by atoms with Gasteiger partial charge in [-0.1, -0.05) is 13.8 Å². The molecule has 0 aliphatic heterocycles. The molecular weight excluding hydrogens is 348 g/mol. The van der Waals surface area contributed by atoms with Gasteiger partial charge < -0.3 is 15.3 Å². The van der Waals surface area contributed by atoms with Crippen LogP contribution in [0.5, 0.6) is 0 Å². The number of rotatable bonds is 8. The minimum atomic E-state index is -1.21. The lowest BCUT2D eigenvalue weighted by molar-refractivity contribution is 0.0688. The van der Waals surface area contributed by atoms with E-state index in [1.807, 2.05) is 18.7 Å². The lowest BCUT2D eigenvalue weighted by atomic mass is 10.1. The minimum Gasteiger partial charge on any atom is -0.476 e. The summed E-state index contributed by atoms with van der Waals surface area (Å²) < 4.78 is 0. The Morgan fingerprint density at radius 1 is 0.963 bits per heavy atom. The second-order valence-electron chi connectivity index (χ2n) is 5.92. The Labute approximate surface area is 157 Å². The van der Waals surface area contributed by atoms with Gasteiger partial charge in [0.05, 0.1) is 12.4 Å². The molecule has 8 nitrogen and oxygen atoms in total. The molecule has 0 aliphatic carbocycles. The summed E-state index contributed by atoms with van der Waals surface area (Å²) in [5.41, 5.74) is 0.814. The standard InChI is InChI=1S/C19H22N4O4/c1-3-9-23(10-4-2)18(25)13-5-7-14(8-6-13)22-17(24)15-11-21-16(12-20-15)19(26)27/h5-8,11-12H,3-4,9-10H2,1-2H3,(H,22,24)(H,26,27). The Morgan fingerprint density at radius 2 is 1.52 bits per heavy atom. The van der Waals surface area contributed by atoms with E-state index in [-0.39, 0.29) is 17.3 Å². The van der Waals surface area contributed by atoms with Crippen LogP contribution in [0.2, 0.25) is 0 Å². The fourth-order valence-electron chi connectivity index (χ4n) is 2.48. The predicted octanol–water partition coefficient (Wildman–Crippen LogP) is 2.69. The molecule has 0 unspecified atom stereocenters. The third-order valence-electron chi connectivity index (χ3n) is 3.77. The number of nitrogens with one attached hydrogen (secondary N) is 1. The van der Waals surface area contributed by atoms with Gasteiger partial charge in [-0.2, -0.15) is 0 Å². The first-order valence-electron chi connectivity index (χ1n) is 8.72. The fourth-order valence-corrected chi connectivity index (χ4v) is 2.48. The zero-order chi connectivity index (χ0) is 19.8. The highest BCUT2D eigenvalue weighted by Crippen LogP contribution is 2.13. The summed E-state index contributed by atoms with van der Waals surface area (Å²) in [6.07, 6.45) is 3.91. The first-order chi connectivity index (χ1) is 13.0. The molecule has 0 fully saturated rings. The third-order valence-corrected chi connectivity index (χ3v) is 3.77. The van der Waals surface area contributed by atoms with Gasteiger partial charge in [0.25, 0.3) is 11.8 Å². The molecule has 8 heteroatoms. The van der Waals surface area contributed by atoms with Gasteiger partial charge in [0.1, 0.15) is 5.69 Å². The van der Waals surface area contributed by atoms with E-state index in [2.05, 4.69) is 15.3 Å². The van der Waals surface area contributed by atoms with Crippen molar-refractivity contribution in [2.24, 2.45) is 0 Å². The van der Waals surface area contributed by atoms with E-state index >= 15 is 0 Å². The van der Waals surface area contributed by atoms with Crippen molar-refractivity contribution in [2.45, 2.75) is 26.7 Å². The van der Waals surface area contributed by atoms with Crippen molar-refractivity contribution in [2.75, 3.05) is 18.4 Å². The number of anilines is 1. The maximum absolute atomic E-state index is 12.5. The molecule has 2 aromatic rings. The topological polar surface area (TPSA) is 112 Å². The number of hydrogen-bond donors (Lipinski definition) is 2. The predicted molar refractivity (Wildman–Crippen MR) is 99.9 cm³/mol. The molecule has 1 aromatic carbocycles. The summed E-state index contributed by atoms with van der Waals surface area (Å²) >= 11 is 0. The number of aromatic nitrogens is 2. The molecule has 2 rings (SSSR count). The Hall–Kier alpha value is -3.29. The fraction of sp³-hybridized carbons (Fsp3) is 0.316. The number of aromatic carboxylic acids is 1. The van der Waals surface area contributed by atoms with Crippen LogP contribution in [-0.2, 0) is 0 Å². The Morgan fingerprint density at radius 3 is 2.00 bits per heavy atom. The van der Waals surface area contributed by atoms with Gasteiger partial charge in [-0.25, -0.2) is 14.8 Å². The summed E-state index contributed by atoms with van der Waals surface area (Å²) in [6, 6.07) is 6.60. The van der Waals surface area contributed by atoms with E-state index < -0.39 is 11.9 Å².